The van der Waals surface area contributed by atoms with Crippen molar-refractivity contribution in [3.8, 4) is 0 Å². The Labute approximate surface area is 111 Å². The normalized spacial score (nSPS) is 26.9. The number of aliphatic imine (C=N–C) groups is 1. The van der Waals surface area contributed by atoms with Crippen LogP contribution < -0.4 is 5.32 Å². The summed E-state index contributed by atoms with van der Waals surface area (Å²) in [5.41, 5.74) is 0.658. The second-order valence-corrected chi connectivity index (χ2v) is 5.09. The monoisotopic (exact) mass is 261 g/mol. The van der Waals surface area contributed by atoms with Crippen LogP contribution in [-0.4, -0.2) is 42.3 Å². The quantitative estimate of drug-likeness (QED) is 0.824. The molecule has 1 saturated heterocycles. The van der Waals surface area contributed by atoms with E-state index in [0.717, 1.165) is 19.4 Å². The second kappa shape index (κ2) is 4.42. The molecular formula is C14H16FN3O. The fourth-order valence-electron chi connectivity index (χ4n) is 2.73. The Morgan fingerprint density at radius 3 is 2.74 bits per heavy atom. The minimum atomic E-state index is -0.459. The van der Waals surface area contributed by atoms with Crippen molar-refractivity contribution in [2.75, 3.05) is 20.1 Å². The number of likely N-dealkylation sites (N-methyl/N-ethyl adjacent to an activating group) is 1. The van der Waals surface area contributed by atoms with Crippen molar-refractivity contribution in [2.24, 2.45) is 4.99 Å². The van der Waals surface area contributed by atoms with Crippen molar-refractivity contribution in [1.82, 2.24) is 10.2 Å². The van der Waals surface area contributed by atoms with Gasteiger partial charge in [-0.05, 0) is 43.7 Å². The highest BCUT2D eigenvalue weighted by Gasteiger charge is 2.45. The number of nitrogens with zero attached hydrogens (tertiary/aromatic N) is 2. The molecule has 3 rings (SSSR count). The van der Waals surface area contributed by atoms with Gasteiger partial charge in [0.15, 0.2) is 0 Å². The summed E-state index contributed by atoms with van der Waals surface area (Å²) < 4.78 is 13.0. The molecule has 2 aliphatic heterocycles. The fraction of sp³-hybridized carbons (Fsp3) is 0.429. The molecule has 1 aromatic rings. The number of halogens is 1. The van der Waals surface area contributed by atoms with Gasteiger partial charge in [0.25, 0.3) is 5.91 Å². The van der Waals surface area contributed by atoms with Crippen LogP contribution in [0, 0.1) is 5.82 Å². The highest BCUT2D eigenvalue weighted by Crippen LogP contribution is 2.31. The van der Waals surface area contributed by atoms with Crippen LogP contribution in [0.2, 0.25) is 0 Å². The molecule has 4 nitrogen and oxygen atoms in total. The molecule has 1 spiro atoms. The Bertz CT molecular complexity index is 532. The first-order valence-electron chi connectivity index (χ1n) is 6.47. The van der Waals surface area contributed by atoms with Gasteiger partial charge in [0.2, 0.25) is 0 Å². The molecule has 5 heteroatoms. The Balaban J connectivity index is 1.99. The number of hydrogen-bond donors (Lipinski definition) is 1. The van der Waals surface area contributed by atoms with E-state index in [1.165, 1.54) is 12.1 Å². The minimum absolute atomic E-state index is 0.0877. The number of rotatable bonds is 1. The molecule has 0 unspecified atom stereocenters. The summed E-state index contributed by atoms with van der Waals surface area (Å²) in [4.78, 5) is 18.7. The molecule has 1 atom stereocenters. The maximum absolute atomic E-state index is 13.0. The summed E-state index contributed by atoms with van der Waals surface area (Å²) in [5, 5.41) is 3.29. The molecule has 2 aliphatic rings. The van der Waals surface area contributed by atoms with Gasteiger partial charge in [0.1, 0.15) is 17.2 Å². The molecule has 19 heavy (non-hydrogen) atoms. The van der Waals surface area contributed by atoms with E-state index >= 15 is 0 Å². The van der Waals surface area contributed by atoms with Crippen LogP contribution in [-0.2, 0) is 4.79 Å². The summed E-state index contributed by atoms with van der Waals surface area (Å²) in [7, 11) is 1.79. The lowest BCUT2D eigenvalue weighted by molar-refractivity contribution is -0.126. The summed E-state index contributed by atoms with van der Waals surface area (Å²) >= 11 is 0. The van der Waals surface area contributed by atoms with Crippen LogP contribution in [0.5, 0.6) is 0 Å². The van der Waals surface area contributed by atoms with Crippen LogP contribution >= 0.6 is 0 Å². The maximum atomic E-state index is 13.0. The van der Waals surface area contributed by atoms with Crippen molar-refractivity contribution in [3.05, 3.63) is 35.6 Å². The largest absolute Gasteiger partial charge is 0.314 e. The van der Waals surface area contributed by atoms with Gasteiger partial charge in [0, 0.05) is 19.2 Å². The van der Waals surface area contributed by atoms with E-state index in [1.54, 1.807) is 24.1 Å². The van der Waals surface area contributed by atoms with E-state index in [2.05, 4.69) is 10.3 Å². The van der Waals surface area contributed by atoms with E-state index in [1.807, 2.05) is 0 Å². The Kier molecular flexibility index (Phi) is 2.86. The molecule has 1 fully saturated rings. The third kappa shape index (κ3) is 1.94. The van der Waals surface area contributed by atoms with Crippen LogP contribution in [0.1, 0.15) is 18.4 Å². The summed E-state index contributed by atoms with van der Waals surface area (Å²) in [5.74, 6) is -0.396. The third-order valence-electron chi connectivity index (χ3n) is 3.91. The number of carbonyl (C=O) groups is 1. The molecule has 1 N–H and O–H groups in total. The maximum Gasteiger partial charge on any atom is 0.274 e. The SMILES string of the molecule is CN1C(=O)C(c2ccc(F)cc2)=N[C@@]12CCCNC2. The van der Waals surface area contributed by atoms with Crippen molar-refractivity contribution in [2.45, 2.75) is 18.5 Å². The molecule has 1 amide bonds. The lowest BCUT2D eigenvalue weighted by Gasteiger charge is -2.37. The van der Waals surface area contributed by atoms with Gasteiger partial charge >= 0.3 is 0 Å². The van der Waals surface area contributed by atoms with Crippen molar-refractivity contribution >= 4 is 11.6 Å². The van der Waals surface area contributed by atoms with E-state index in [4.69, 9.17) is 0 Å². The number of piperidine rings is 1. The number of amides is 1. The Morgan fingerprint density at radius 1 is 1.37 bits per heavy atom. The number of benzene rings is 1. The number of nitrogens with one attached hydrogen (secondary N) is 1. The standard InChI is InChI=1S/C14H16FN3O/c1-18-13(19)12(10-3-5-11(15)6-4-10)17-14(18)7-2-8-16-9-14/h3-6,16H,2,7-9H2,1H3/t14-/m0/s1. The average Bonchev–Trinajstić information content (AvgIpc) is 2.67. The molecule has 0 aliphatic carbocycles. The second-order valence-electron chi connectivity index (χ2n) is 5.09. The number of hydrogen-bond acceptors (Lipinski definition) is 3. The van der Waals surface area contributed by atoms with Gasteiger partial charge in [-0.2, -0.15) is 0 Å². The molecule has 0 radical (unpaired) electrons. The van der Waals surface area contributed by atoms with Gasteiger partial charge < -0.3 is 10.2 Å². The highest BCUT2D eigenvalue weighted by atomic mass is 19.1. The summed E-state index contributed by atoms with van der Waals surface area (Å²) in [6, 6.07) is 5.93. The van der Waals surface area contributed by atoms with Gasteiger partial charge in [-0.25, -0.2) is 9.38 Å². The molecule has 2 heterocycles. The van der Waals surface area contributed by atoms with Crippen LogP contribution in [0.4, 0.5) is 4.39 Å². The highest BCUT2D eigenvalue weighted by molar-refractivity contribution is 6.46. The first-order chi connectivity index (χ1) is 9.12. The van der Waals surface area contributed by atoms with Crippen LogP contribution in [0.25, 0.3) is 0 Å². The first-order valence-corrected chi connectivity index (χ1v) is 6.47. The predicted molar refractivity (Wildman–Crippen MR) is 70.5 cm³/mol. The smallest absolute Gasteiger partial charge is 0.274 e. The van der Waals surface area contributed by atoms with Crippen LogP contribution in [0.3, 0.4) is 0 Å². The fourth-order valence-corrected chi connectivity index (χ4v) is 2.73. The van der Waals surface area contributed by atoms with E-state index in [0.29, 0.717) is 17.8 Å². The molecule has 1 aromatic carbocycles. The first kappa shape index (κ1) is 12.3. The zero-order valence-electron chi connectivity index (χ0n) is 10.8. The number of carbonyl (C=O) groups excluding carboxylic acids is 1. The zero-order chi connectivity index (χ0) is 13.5. The van der Waals surface area contributed by atoms with E-state index in [-0.39, 0.29) is 11.7 Å². The van der Waals surface area contributed by atoms with Crippen molar-refractivity contribution < 1.29 is 9.18 Å². The van der Waals surface area contributed by atoms with Crippen molar-refractivity contribution in [1.29, 1.82) is 0 Å². The molecule has 0 aromatic heterocycles. The Hall–Kier alpha value is -1.75. The van der Waals surface area contributed by atoms with Gasteiger partial charge in [0.05, 0.1) is 0 Å². The van der Waals surface area contributed by atoms with E-state index in [9.17, 15) is 9.18 Å². The van der Waals surface area contributed by atoms with Gasteiger partial charge in [-0.1, -0.05) is 0 Å². The van der Waals surface area contributed by atoms with Crippen LogP contribution in [0.15, 0.2) is 29.3 Å². The Morgan fingerprint density at radius 2 is 2.11 bits per heavy atom. The van der Waals surface area contributed by atoms with Gasteiger partial charge in [-0.15, -0.1) is 0 Å². The molecule has 100 valence electrons. The summed E-state index contributed by atoms with van der Waals surface area (Å²) in [6.45, 7) is 1.64. The third-order valence-corrected chi connectivity index (χ3v) is 3.91. The topological polar surface area (TPSA) is 44.7 Å². The average molecular weight is 261 g/mol. The summed E-state index contributed by atoms with van der Waals surface area (Å²) in [6.07, 6.45) is 1.87. The van der Waals surface area contributed by atoms with E-state index < -0.39 is 5.66 Å². The predicted octanol–water partition coefficient (Wildman–Crippen LogP) is 1.17. The zero-order valence-corrected chi connectivity index (χ0v) is 10.8. The lowest BCUT2D eigenvalue weighted by Crippen LogP contribution is -2.53. The van der Waals surface area contributed by atoms with Crippen molar-refractivity contribution in [3.63, 3.8) is 0 Å². The molecule has 0 bridgehead atoms. The van der Waals surface area contributed by atoms with Gasteiger partial charge in [-0.3, -0.25) is 4.79 Å². The molecular weight excluding hydrogens is 245 g/mol. The molecule has 0 saturated carbocycles. The lowest BCUT2D eigenvalue weighted by atomic mass is 10.00. The minimum Gasteiger partial charge on any atom is -0.314 e.